The lowest BCUT2D eigenvalue weighted by atomic mass is 10.1. The van der Waals surface area contributed by atoms with E-state index in [4.69, 9.17) is 0 Å². The van der Waals surface area contributed by atoms with E-state index in [0.717, 1.165) is 23.3 Å². The molecule has 2 aromatic rings. The van der Waals surface area contributed by atoms with Crippen LogP contribution in [-0.2, 0) is 6.67 Å². The second-order valence-corrected chi connectivity index (χ2v) is 4.71. The largest absolute Gasteiger partial charge is 0.292 e. The number of pyridine rings is 1. The second kappa shape index (κ2) is 4.17. The van der Waals surface area contributed by atoms with Crippen molar-refractivity contribution in [3.05, 3.63) is 41.4 Å². The third-order valence-electron chi connectivity index (χ3n) is 3.43. The standard InChI is InChI=1S/C13H15FN4/c1-9-6-10(11-4-3-5-17(11)2)8-18-12(7-14)15-16-13(9)18/h3-4,6,8,11H,5,7H2,1-2H3. The van der Waals surface area contributed by atoms with E-state index in [-0.39, 0.29) is 6.04 Å². The van der Waals surface area contributed by atoms with E-state index in [2.05, 4.69) is 40.4 Å². The number of aromatic nitrogens is 3. The summed E-state index contributed by atoms with van der Waals surface area (Å²) in [7, 11) is 2.08. The zero-order chi connectivity index (χ0) is 12.7. The molecule has 0 saturated heterocycles. The molecule has 0 N–H and O–H groups in total. The molecule has 5 heteroatoms. The van der Waals surface area contributed by atoms with E-state index < -0.39 is 6.67 Å². The number of hydrogen-bond donors (Lipinski definition) is 0. The van der Waals surface area contributed by atoms with Crippen LogP contribution in [0.5, 0.6) is 0 Å². The fourth-order valence-electron chi connectivity index (χ4n) is 2.46. The SMILES string of the molecule is Cc1cc(C2C=CCN2C)cn2c(CF)nnc12. The molecule has 18 heavy (non-hydrogen) atoms. The monoisotopic (exact) mass is 246 g/mol. The Bertz CT molecular complexity index is 617. The molecule has 1 unspecified atom stereocenters. The van der Waals surface area contributed by atoms with Gasteiger partial charge >= 0.3 is 0 Å². The Balaban J connectivity index is 2.16. The van der Waals surface area contributed by atoms with E-state index >= 15 is 0 Å². The lowest BCUT2D eigenvalue weighted by Crippen LogP contribution is -2.19. The molecule has 3 rings (SSSR count). The first-order valence-electron chi connectivity index (χ1n) is 5.97. The summed E-state index contributed by atoms with van der Waals surface area (Å²) in [6, 6.07) is 2.35. The molecule has 4 nitrogen and oxygen atoms in total. The highest BCUT2D eigenvalue weighted by molar-refractivity contribution is 5.49. The van der Waals surface area contributed by atoms with Gasteiger partial charge in [0, 0.05) is 12.7 Å². The third-order valence-corrected chi connectivity index (χ3v) is 3.43. The minimum Gasteiger partial charge on any atom is -0.292 e. The van der Waals surface area contributed by atoms with E-state index in [9.17, 15) is 4.39 Å². The van der Waals surface area contributed by atoms with Gasteiger partial charge in [-0.15, -0.1) is 10.2 Å². The molecule has 0 fully saturated rings. The summed E-state index contributed by atoms with van der Waals surface area (Å²) in [5.41, 5.74) is 2.90. The van der Waals surface area contributed by atoms with Crippen LogP contribution in [0, 0.1) is 6.92 Å². The minimum absolute atomic E-state index is 0.253. The van der Waals surface area contributed by atoms with Gasteiger partial charge in [-0.1, -0.05) is 12.2 Å². The molecule has 1 atom stereocenters. The first-order valence-corrected chi connectivity index (χ1v) is 5.97. The Morgan fingerprint density at radius 1 is 1.44 bits per heavy atom. The summed E-state index contributed by atoms with van der Waals surface area (Å²) in [4.78, 5) is 2.24. The highest BCUT2D eigenvalue weighted by atomic mass is 19.1. The molecule has 94 valence electrons. The molecule has 1 aliphatic heterocycles. The fourth-order valence-corrected chi connectivity index (χ4v) is 2.46. The first-order chi connectivity index (χ1) is 8.70. The highest BCUT2D eigenvalue weighted by Crippen LogP contribution is 2.26. The maximum Gasteiger partial charge on any atom is 0.168 e. The number of hydrogen-bond acceptors (Lipinski definition) is 3. The van der Waals surface area contributed by atoms with Crippen molar-refractivity contribution in [2.24, 2.45) is 0 Å². The summed E-state index contributed by atoms with van der Waals surface area (Å²) in [5, 5.41) is 7.88. The molecule has 0 bridgehead atoms. The van der Waals surface area contributed by atoms with Crippen LogP contribution in [-0.4, -0.2) is 33.1 Å². The van der Waals surface area contributed by atoms with Gasteiger partial charge in [-0.25, -0.2) is 4.39 Å². The number of fused-ring (bicyclic) bond motifs is 1. The topological polar surface area (TPSA) is 33.4 Å². The van der Waals surface area contributed by atoms with Crippen molar-refractivity contribution in [1.29, 1.82) is 0 Å². The minimum atomic E-state index is -0.597. The van der Waals surface area contributed by atoms with Gasteiger partial charge < -0.3 is 0 Å². The summed E-state index contributed by atoms with van der Waals surface area (Å²) >= 11 is 0. The number of halogens is 1. The van der Waals surface area contributed by atoms with Crippen molar-refractivity contribution in [2.45, 2.75) is 19.6 Å². The van der Waals surface area contributed by atoms with Gasteiger partial charge in [-0.05, 0) is 31.2 Å². The average molecular weight is 246 g/mol. The van der Waals surface area contributed by atoms with Crippen molar-refractivity contribution >= 4 is 5.65 Å². The van der Waals surface area contributed by atoms with Gasteiger partial charge in [0.05, 0.1) is 6.04 Å². The predicted octanol–water partition coefficient (Wildman–Crippen LogP) is 2.05. The van der Waals surface area contributed by atoms with Crippen LogP contribution in [0.2, 0.25) is 0 Å². The Labute approximate surface area is 105 Å². The van der Waals surface area contributed by atoms with Gasteiger partial charge in [0.25, 0.3) is 0 Å². The van der Waals surface area contributed by atoms with Crippen LogP contribution < -0.4 is 0 Å². The van der Waals surface area contributed by atoms with Crippen molar-refractivity contribution in [1.82, 2.24) is 19.5 Å². The van der Waals surface area contributed by atoms with E-state index in [1.54, 1.807) is 4.40 Å². The Kier molecular flexibility index (Phi) is 2.63. The van der Waals surface area contributed by atoms with Crippen LogP contribution in [0.3, 0.4) is 0 Å². The van der Waals surface area contributed by atoms with Gasteiger partial charge in [-0.2, -0.15) is 0 Å². The molecule has 0 saturated carbocycles. The van der Waals surface area contributed by atoms with E-state index in [1.807, 2.05) is 13.1 Å². The molecule has 3 heterocycles. The normalized spacial score (nSPS) is 20.1. The number of rotatable bonds is 2. The van der Waals surface area contributed by atoms with Gasteiger partial charge in [0.2, 0.25) is 0 Å². The van der Waals surface area contributed by atoms with Gasteiger partial charge in [-0.3, -0.25) is 9.30 Å². The number of likely N-dealkylation sites (N-methyl/N-ethyl adjacent to an activating group) is 1. The van der Waals surface area contributed by atoms with Crippen LogP contribution in [0.15, 0.2) is 24.4 Å². The van der Waals surface area contributed by atoms with Crippen LogP contribution >= 0.6 is 0 Å². The third kappa shape index (κ3) is 1.62. The first kappa shape index (κ1) is 11.3. The van der Waals surface area contributed by atoms with Crippen molar-refractivity contribution in [3.8, 4) is 0 Å². The molecular formula is C13H15FN4. The molecule has 2 aromatic heterocycles. The van der Waals surface area contributed by atoms with Crippen molar-refractivity contribution in [3.63, 3.8) is 0 Å². The lowest BCUT2D eigenvalue weighted by Gasteiger charge is -2.20. The second-order valence-electron chi connectivity index (χ2n) is 4.71. The number of nitrogens with zero attached hydrogens (tertiary/aromatic N) is 4. The van der Waals surface area contributed by atoms with Crippen molar-refractivity contribution in [2.75, 3.05) is 13.6 Å². The van der Waals surface area contributed by atoms with Gasteiger partial charge in [0.15, 0.2) is 11.5 Å². The zero-order valence-electron chi connectivity index (χ0n) is 10.5. The van der Waals surface area contributed by atoms with Crippen molar-refractivity contribution < 1.29 is 4.39 Å². The Hall–Kier alpha value is -1.75. The summed E-state index contributed by atoms with van der Waals surface area (Å²) in [5.74, 6) is 0.361. The maximum absolute atomic E-state index is 12.9. The zero-order valence-corrected chi connectivity index (χ0v) is 10.5. The van der Waals surface area contributed by atoms with Crippen LogP contribution in [0.1, 0.15) is 23.0 Å². The van der Waals surface area contributed by atoms with Crippen LogP contribution in [0.4, 0.5) is 4.39 Å². The Morgan fingerprint density at radius 3 is 2.94 bits per heavy atom. The molecule has 0 radical (unpaired) electrons. The highest BCUT2D eigenvalue weighted by Gasteiger charge is 2.19. The molecule has 0 aliphatic carbocycles. The maximum atomic E-state index is 12.9. The molecule has 0 aromatic carbocycles. The van der Waals surface area contributed by atoms with Crippen LogP contribution in [0.25, 0.3) is 5.65 Å². The van der Waals surface area contributed by atoms with Gasteiger partial charge in [0.1, 0.15) is 6.67 Å². The van der Waals surface area contributed by atoms with E-state index in [1.165, 1.54) is 0 Å². The van der Waals surface area contributed by atoms with E-state index in [0.29, 0.717) is 5.82 Å². The summed E-state index contributed by atoms with van der Waals surface area (Å²) in [6.07, 6.45) is 6.25. The molecule has 1 aliphatic rings. The quantitative estimate of drug-likeness (QED) is 0.760. The molecular weight excluding hydrogens is 231 g/mol. The Morgan fingerprint density at radius 2 is 2.28 bits per heavy atom. The summed E-state index contributed by atoms with van der Waals surface area (Å²) in [6.45, 7) is 2.33. The number of alkyl halides is 1. The fraction of sp³-hybridized carbons (Fsp3) is 0.385. The average Bonchev–Trinajstić information content (AvgIpc) is 2.94. The number of aryl methyl sites for hydroxylation is 1. The summed E-state index contributed by atoms with van der Waals surface area (Å²) < 4.78 is 14.6. The molecule has 0 spiro atoms. The molecule has 0 amide bonds. The lowest BCUT2D eigenvalue weighted by molar-refractivity contribution is 0.339. The smallest absolute Gasteiger partial charge is 0.168 e. The predicted molar refractivity (Wildman–Crippen MR) is 67.0 cm³/mol.